The highest BCUT2D eigenvalue weighted by atomic mass is 16.4. The van der Waals surface area contributed by atoms with E-state index in [0.717, 1.165) is 0 Å². The molecule has 66 valence electrons. The first-order valence-corrected chi connectivity index (χ1v) is 3.69. The highest BCUT2D eigenvalue weighted by Crippen LogP contribution is 2.04. The molecule has 0 radical (unpaired) electrons. The predicted octanol–water partition coefficient (Wildman–Crippen LogP) is -0.228. The zero-order valence-corrected chi connectivity index (χ0v) is 6.95. The van der Waals surface area contributed by atoms with E-state index in [1.807, 2.05) is 13.8 Å². The third kappa shape index (κ3) is 3.95. The summed E-state index contributed by atoms with van der Waals surface area (Å²) in [6, 6.07) is -1.37. The maximum absolute atomic E-state index is 10.3. The maximum Gasteiger partial charge on any atom is 0.322 e. The predicted molar refractivity (Wildman–Crippen MR) is 43.0 cm³/mol. The number of carboxylic acid groups (broad SMARTS) is 1. The summed E-state index contributed by atoms with van der Waals surface area (Å²) in [5, 5.41) is 8.46. The Balaban J connectivity index is 3.82. The first-order valence-electron chi connectivity index (χ1n) is 3.69. The summed E-state index contributed by atoms with van der Waals surface area (Å²) in [4.78, 5) is 10.3. The van der Waals surface area contributed by atoms with Gasteiger partial charge in [0.15, 0.2) is 0 Å². The molecule has 0 saturated heterocycles. The van der Waals surface area contributed by atoms with Crippen LogP contribution in [0, 0.1) is 5.92 Å². The van der Waals surface area contributed by atoms with Gasteiger partial charge in [0.05, 0.1) is 0 Å². The van der Waals surface area contributed by atoms with Crippen molar-refractivity contribution in [2.45, 2.75) is 32.4 Å². The van der Waals surface area contributed by atoms with Crippen molar-refractivity contribution in [3.8, 4) is 0 Å². The number of rotatable bonds is 4. The normalized spacial score (nSPS) is 16.5. The minimum atomic E-state index is -1.03. The average Bonchev–Trinajstić information content (AvgIpc) is 1.84. The molecule has 0 bridgehead atoms. The Kier molecular flexibility index (Phi) is 4.07. The maximum atomic E-state index is 10.3. The second-order valence-corrected chi connectivity index (χ2v) is 3.16. The smallest absolute Gasteiger partial charge is 0.322 e. The standard InChI is InChI=1S/C7H16N2O2/c1-4(2)3-5(8)6(9)7(10)11/h4-6H,3,8-9H2,1-2H3,(H,10,11). The molecule has 0 aromatic carbocycles. The third-order valence-electron chi connectivity index (χ3n) is 1.49. The number of hydrogen-bond donors (Lipinski definition) is 3. The van der Waals surface area contributed by atoms with Crippen molar-refractivity contribution in [3.63, 3.8) is 0 Å². The minimum absolute atomic E-state index is 0.385. The monoisotopic (exact) mass is 160 g/mol. The highest BCUT2D eigenvalue weighted by molar-refractivity contribution is 5.74. The number of carbonyl (C=O) groups is 1. The van der Waals surface area contributed by atoms with E-state index in [0.29, 0.717) is 12.3 Å². The van der Waals surface area contributed by atoms with Crippen LogP contribution in [0.5, 0.6) is 0 Å². The Morgan fingerprint density at radius 1 is 1.45 bits per heavy atom. The van der Waals surface area contributed by atoms with Crippen LogP contribution in [-0.2, 0) is 4.79 Å². The van der Waals surface area contributed by atoms with E-state index in [1.165, 1.54) is 0 Å². The molecule has 0 rings (SSSR count). The molecule has 0 aromatic heterocycles. The van der Waals surface area contributed by atoms with E-state index >= 15 is 0 Å². The molecule has 0 aliphatic heterocycles. The number of nitrogens with two attached hydrogens (primary N) is 2. The van der Waals surface area contributed by atoms with Gasteiger partial charge < -0.3 is 16.6 Å². The van der Waals surface area contributed by atoms with Gasteiger partial charge in [-0.3, -0.25) is 4.79 Å². The third-order valence-corrected chi connectivity index (χ3v) is 1.49. The van der Waals surface area contributed by atoms with Gasteiger partial charge in [-0.25, -0.2) is 0 Å². The first kappa shape index (κ1) is 10.4. The van der Waals surface area contributed by atoms with Gasteiger partial charge in [-0.1, -0.05) is 13.8 Å². The molecule has 0 spiro atoms. The van der Waals surface area contributed by atoms with Crippen LogP contribution in [0.3, 0.4) is 0 Å². The van der Waals surface area contributed by atoms with E-state index < -0.39 is 18.1 Å². The van der Waals surface area contributed by atoms with E-state index in [-0.39, 0.29) is 0 Å². The summed E-state index contributed by atoms with van der Waals surface area (Å²) in [5.74, 6) is -0.645. The van der Waals surface area contributed by atoms with Crippen molar-refractivity contribution in [2.24, 2.45) is 17.4 Å². The molecule has 0 aliphatic rings. The van der Waals surface area contributed by atoms with Crippen LogP contribution in [0.1, 0.15) is 20.3 Å². The number of carboxylic acids is 1. The van der Waals surface area contributed by atoms with Gasteiger partial charge in [0.25, 0.3) is 0 Å². The Hall–Kier alpha value is -0.610. The lowest BCUT2D eigenvalue weighted by molar-refractivity contribution is -0.139. The second kappa shape index (κ2) is 4.31. The van der Waals surface area contributed by atoms with Crippen LogP contribution < -0.4 is 11.5 Å². The molecule has 0 aliphatic carbocycles. The number of hydrogen-bond acceptors (Lipinski definition) is 3. The van der Waals surface area contributed by atoms with Gasteiger partial charge in [0.1, 0.15) is 6.04 Å². The Morgan fingerprint density at radius 2 is 1.91 bits per heavy atom. The van der Waals surface area contributed by atoms with Crippen molar-refractivity contribution >= 4 is 5.97 Å². The largest absolute Gasteiger partial charge is 0.480 e. The van der Waals surface area contributed by atoms with Gasteiger partial charge in [0.2, 0.25) is 0 Å². The van der Waals surface area contributed by atoms with E-state index in [2.05, 4.69) is 0 Å². The lowest BCUT2D eigenvalue weighted by Gasteiger charge is -2.17. The van der Waals surface area contributed by atoms with Crippen LogP contribution in [-0.4, -0.2) is 23.2 Å². The van der Waals surface area contributed by atoms with Gasteiger partial charge in [-0.15, -0.1) is 0 Å². The molecule has 5 N–H and O–H groups in total. The Bertz CT molecular complexity index is 136. The molecule has 2 atom stereocenters. The van der Waals surface area contributed by atoms with Crippen LogP contribution in [0.15, 0.2) is 0 Å². The Morgan fingerprint density at radius 3 is 2.18 bits per heavy atom. The van der Waals surface area contributed by atoms with E-state index in [4.69, 9.17) is 16.6 Å². The van der Waals surface area contributed by atoms with E-state index in [1.54, 1.807) is 0 Å². The zero-order chi connectivity index (χ0) is 9.02. The molecular formula is C7H16N2O2. The van der Waals surface area contributed by atoms with Gasteiger partial charge in [-0.2, -0.15) is 0 Å². The molecule has 0 saturated carbocycles. The Labute approximate surface area is 66.6 Å². The summed E-state index contributed by atoms with van der Waals surface area (Å²) < 4.78 is 0. The molecule has 4 heteroatoms. The second-order valence-electron chi connectivity index (χ2n) is 3.16. The number of aliphatic carboxylic acids is 1. The molecule has 0 fully saturated rings. The van der Waals surface area contributed by atoms with Crippen molar-refractivity contribution in [2.75, 3.05) is 0 Å². The molecular weight excluding hydrogens is 144 g/mol. The quantitative estimate of drug-likeness (QED) is 0.530. The summed E-state index contributed by atoms with van der Waals surface area (Å²) >= 11 is 0. The first-order chi connectivity index (χ1) is 4.95. The summed E-state index contributed by atoms with van der Waals surface area (Å²) in [6.45, 7) is 3.96. The fourth-order valence-electron chi connectivity index (χ4n) is 0.874. The molecule has 2 unspecified atom stereocenters. The lowest BCUT2D eigenvalue weighted by atomic mass is 9.99. The summed E-state index contributed by atoms with van der Waals surface area (Å²) in [7, 11) is 0. The zero-order valence-electron chi connectivity index (χ0n) is 6.95. The van der Waals surface area contributed by atoms with Crippen molar-refractivity contribution in [3.05, 3.63) is 0 Å². The van der Waals surface area contributed by atoms with Crippen LogP contribution in [0.25, 0.3) is 0 Å². The molecule has 0 heterocycles. The molecule has 0 amide bonds. The molecule has 4 nitrogen and oxygen atoms in total. The van der Waals surface area contributed by atoms with Gasteiger partial charge in [0, 0.05) is 6.04 Å². The molecule has 11 heavy (non-hydrogen) atoms. The topological polar surface area (TPSA) is 89.3 Å². The van der Waals surface area contributed by atoms with Crippen LogP contribution in [0.2, 0.25) is 0 Å². The molecule has 0 aromatic rings. The SMILES string of the molecule is CC(C)CC(N)C(N)C(=O)O. The lowest BCUT2D eigenvalue weighted by Crippen LogP contribution is -2.47. The fourth-order valence-corrected chi connectivity index (χ4v) is 0.874. The van der Waals surface area contributed by atoms with Crippen LogP contribution >= 0.6 is 0 Å². The van der Waals surface area contributed by atoms with Crippen LogP contribution in [0.4, 0.5) is 0 Å². The fraction of sp³-hybridized carbons (Fsp3) is 0.857. The van der Waals surface area contributed by atoms with Gasteiger partial charge >= 0.3 is 5.97 Å². The summed E-state index contributed by atoms with van der Waals surface area (Å²) in [6.07, 6.45) is 0.646. The average molecular weight is 160 g/mol. The highest BCUT2D eigenvalue weighted by Gasteiger charge is 2.20. The minimum Gasteiger partial charge on any atom is -0.480 e. The van der Waals surface area contributed by atoms with E-state index in [9.17, 15) is 4.79 Å². The summed E-state index contributed by atoms with van der Waals surface area (Å²) in [5.41, 5.74) is 10.8. The van der Waals surface area contributed by atoms with Gasteiger partial charge in [-0.05, 0) is 12.3 Å². The van der Waals surface area contributed by atoms with Crippen molar-refractivity contribution < 1.29 is 9.90 Å². The van der Waals surface area contributed by atoms with Crippen molar-refractivity contribution in [1.29, 1.82) is 0 Å². The van der Waals surface area contributed by atoms with Crippen molar-refractivity contribution in [1.82, 2.24) is 0 Å².